The lowest BCUT2D eigenvalue weighted by Crippen LogP contribution is -2.34. The Labute approximate surface area is 123 Å². The van der Waals surface area contributed by atoms with Crippen LogP contribution in [0.2, 0.25) is 0 Å². The molecule has 0 unspecified atom stereocenters. The van der Waals surface area contributed by atoms with E-state index in [0.717, 1.165) is 24.9 Å². The van der Waals surface area contributed by atoms with E-state index in [1.54, 1.807) is 12.1 Å². The van der Waals surface area contributed by atoms with Crippen LogP contribution in [0.4, 0.5) is 11.4 Å². The Morgan fingerprint density at radius 2 is 2.19 bits per heavy atom. The van der Waals surface area contributed by atoms with Crippen molar-refractivity contribution >= 4 is 17.3 Å². The maximum atomic E-state index is 11.1. The number of carbonyl (C=O) groups excluding carboxylic acids is 1. The first-order valence-corrected chi connectivity index (χ1v) is 6.72. The molecular weight excluding hydrogens is 274 g/mol. The summed E-state index contributed by atoms with van der Waals surface area (Å²) < 4.78 is 0. The van der Waals surface area contributed by atoms with Crippen LogP contribution in [0.1, 0.15) is 25.3 Å². The monoisotopic (exact) mass is 295 g/mol. The summed E-state index contributed by atoms with van der Waals surface area (Å²) in [6.07, 6.45) is 1.95. The molecule has 0 heterocycles. The predicted octanol–water partition coefficient (Wildman–Crippen LogP) is 0.968. The van der Waals surface area contributed by atoms with Gasteiger partial charge in [-0.25, -0.2) is 0 Å². The molecule has 0 aliphatic carbocycles. The van der Waals surface area contributed by atoms with E-state index in [4.69, 9.17) is 11.6 Å². The highest BCUT2D eigenvalue weighted by Crippen LogP contribution is 2.25. The van der Waals surface area contributed by atoms with Crippen LogP contribution >= 0.6 is 0 Å². The number of nitrogen functional groups attached to an aromatic ring is 1. The highest BCUT2D eigenvalue weighted by Gasteiger charge is 2.15. The number of benzene rings is 1. The number of hydrazine groups is 1. The number of nitro benzene ring substituents is 1. The van der Waals surface area contributed by atoms with Gasteiger partial charge >= 0.3 is 0 Å². The summed E-state index contributed by atoms with van der Waals surface area (Å²) in [7, 11) is 0. The van der Waals surface area contributed by atoms with E-state index < -0.39 is 10.8 Å². The van der Waals surface area contributed by atoms with Crippen LogP contribution in [-0.2, 0) is 11.3 Å². The van der Waals surface area contributed by atoms with Crippen molar-refractivity contribution in [2.75, 3.05) is 18.5 Å². The number of nitrogens with one attached hydrogen (secondary N) is 1. The van der Waals surface area contributed by atoms with Gasteiger partial charge < -0.3 is 11.2 Å². The Bertz CT molecular complexity index is 507. The molecule has 1 aromatic carbocycles. The van der Waals surface area contributed by atoms with Crippen molar-refractivity contribution in [3.63, 3.8) is 0 Å². The van der Waals surface area contributed by atoms with Gasteiger partial charge in [-0.15, -0.1) is 0 Å². The van der Waals surface area contributed by atoms with Crippen molar-refractivity contribution in [1.82, 2.24) is 4.90 Å². The van der Waals surface area contributed by atoms with Gasteiger partial charge in [-0.1, -0.05) is 19.4 Å². The maximum Gasteiger partial charge on any atom is 0.293 e. The Hall–Kier alpha value is -2.19. The lowest BCUT2D eigenvalue weighted by atomic mass is 10.1. The van der Waals surface area contributed by atoms with Crippen LogP contribution in [0, 0.1) is 10.1 Å². The van der Waals surface area contributed by atoms with E-state index in [-0.39, 0.29) is 17.9 Å². The minimum atomic E-state index is -0.503. The van der Waals surface area contributed by atoms with Crippen molar-refractivity contribution in [1.29, 1.82) is 0 Å². The topological polar surface area (TPSA) is 128 Å². The molecule has 0 saturated heterocycles. The van der Waals surface area contributed by atoms with Crippen molar-refractivity contribution in [3.8, 4) is 0 Å². The van der Waals surface area contributed by atoms with Crippen molar-refractivity contribution < 1.29 is 9.72 Å². The van der Waals surface area contributed by atoms with Crippen LogP contribution in [0.15, 0.2) is 18.2 Å². The fraction of sp³-hybridized carbons (Fsp3) is 0.462. The lowest BCUT2D eigenvalue weighted by molar-refractivity contribution is -0.384. The second kappa shape index (κ2) is 8.18. The first-order valence-electron chi connectivity index (χ1n) is 6.72. The van der Waals surface area contributed by atoms with Crippen LogP contribution in [-0.4, -0.2) is 28.8 Å². The second-order valence-corrected chi connectivity index (χ2v) is 4.78. The number of carbonyl (C=O) groups is 1. The Morgan fingerprint density at radius 3 is 2.71 bits per heavy atom. The third-order valence-corrected chi connectivity index (χ3v) is 3.03. The van der Waals surface area contributed by atoms with E-state index in [0.29, 0.717) is 6.54 Å². The SMILES string of the molecule is CCCCN(CC(N)=O)Cc1ccc([N+](=O)[O-])c(NN)c1. The molecule has 116 valence electrons. The predicted molar refractivity (Wildman–Crippen MR) is 80.3 cm³/mol. The number of primary amides is 1. The average molecular weight is 295 g/mol. The molecule has 0 spiro atoms. The van der Waals surface area contributed by atoms with Gasteiger partial charge in [0.15, 0.2) is 0 Å². The number of nitrogens with zero attached hydrogens (tertiary/aromatic N) is 2. The standard InChI is InChI=1S/C13H21N5O3/c1-2-3-6-17(9-13(14)19)8-10-4-5-12(18(20)21)11(7-10)16-15/h4-5,7,16H,2-3,6,8-9,15H2,1H3,(H2,14,19). The Morgan fingerprint density at radius 1 is 1.48 bits per heavy atom. The zero-order valence-electron chi connectivity index (χ0n) is 12.0. The molecule has 21 heavy (non-hydrogen) atoms. The summed E-state index contributed by atoms with van der Waals surface area (Å²) in [4.78, 5) is 23.3. The fourth-order valence-corrected chi connectivity index (χ4v) is 2.03. The van der Waals surface area contributed by atoms with Gasteiger partial charge in [0.2, 0.25) is 5.91 Å². The normalized spacial score (nSPS) is 10.6. The highest BCUT2D eigenvalue weighted by molar-refractivity contribution is 5.75. The number of hydrogen-bond donors (Lipinski definition) is 3. The molecule has 0 aliphatic heterocycles. The molecule has 5 N–H and O–H groups in total. The maximum absolute atomic E-state index is 11.1. The van der Waals surface area contributed by atoms with Gasteiger partial charge in [0.25, 0.3) is 5.69 Å². The molecule has 1 rings (SSSR count). The molecule has 1 aromatic rings. The molecule has 1 amide bonds. The number of unbranched alkanes of at least 4 members (excludes halogenated alkanes) is 1. The molecule has 0 aliphatic rings. The molecule has 0 atom stereocenters. The summed E-state index contributed by atoms with van der Waals surface area (Å²) in [5.41, 5.74) is 8.54. The van der Waals surface area contributed by atoms with E-state index in [2.05, 4.69) is 12.3 Å². The minimum Gasteiger partial charge on any atom is -0.369 e. The zero-order chi connectivity index (χ0) is 15.8. The van der Waals surface area contributed by atoms with Gasteiger partial charge in [0.05, 0.1) is 11.5 Å². The molecule has 0 fully saturated rings. The van der Waals surface area contributed by atoms with Crippen LogP contribution in [0.5, 0.6) is 0 Å². The van der Waals surface area contributed by atoms with E-state index in [1.807, 2.05) is 4.90 Å². The van der Waals surface area contributed by atoms with Gasteiger partial charge in [-0.2, -0.15) is 0 Å². The summed E-state index contributed by atoms with van der Waals surface area (Å²) in [5.74, 6) is 4.91. The summed E-state index contributed by atoms with van der Waals surface area (Å²) in [6, 6.07) is 4.66. The smallest absolute Gasteiger partial charge is 0.293 e. The van der Waals surface area contributed by atoms with Gasteiger partial charge in [0, 0.05) is 12.6 Å². The number of nitrogens with two attached hydrogens (primary N) is 2. The Kier molecular flexibility index (Phi) is 6.57. The van der Waals surface area contributed by atoms with Crippen molar-refractivity contribution in [3.05, 3.63) is 33.9 Å². The zero-order valence-corrected chi connectivity index (χ0v) is 12.0. The molecule has 0 radical (unpaired) electrons. The first kappa shape index (κ1) is 16.9. The number of amides is 1. The molecule has 0 bridgehead atoms. The van der Waals surface area contributed by atoms with Crippen LogP contribution < -0.4 is 17.0 Å². The molecular formula is C13H21N5O3. The van der Waals surface area contributed by atoms with E-state index in [1.165, 1.54) is 6.07 Å². The number of rotatable bonds is 9. The van der Waals surface area contributed by atoms with Gasteiger partial charge in [-0.05, 0) is 24.6 Å². The van der Waals surface area contributed by atoms with Gasteiger partial charge in [-0.3, -0.25) is 25.7 Å². The summed E-state index contributed by atoms with van der Waals surface area (Å²) >= 11 is 0. The molecule has 8 nitrogen and oxygen atoms in total. The van der Waals surface area contributed by atoms with E-state index >= 15 is 0 Å². The summed E-state index contributed by atoms with van der Waals surface area (Å²) in [6.45, 7) is 3.44. The number of anilines is 1. The third kappa shape index (κ3) is 5.36. The highest BCUT2D eigenvalue weighted by atomic mass is 16.6. The van der Waals surface area contributed by atoms with E-state index in [9.17, 15) is 14.9 Å². The second-order valence-electron chi connectivity index (χ2n) is 4.78. The molecule has 8 heteroatoms. The lowest BCUT2D eigenvalue weighted by Gasteiger charge is -2.20. The molecule has 0 saturated carbocycles. The van der Waals surface area contributed by atoms with Gasteiger partial charge in [0.1, 0.15) is 5.69 Å². The average Bonchev–Trinajstić information content (AvgIpc) is 2.43. The fourth-order valence-electron chi connectivity index (χ4n) is 2.03. The minimum absolute atomic E-state index is 0.0868. The quantitative estimate of drug-likeness (QED) is 0.354. The van der Waals surface area contributed by atoms with Crippen molar-refractivity contribution in [2.45, 2.75) is 26.3 Å². The van der Waals surface area contributed by atoms with Crippen LogP contribution in [0.25, 0.3) is 0 Å². The Balaban J connectivity index is 2.87. The third-order valence-electron chi connectivity index (χ3n) is 3.03. The summed E-state index contributed by atoms with van der Waals surface area (Å²) in [5, 5.41) is 10.8. The number of hydrogen-bond acceptors (Lipinski definition) is 6. The van der Waals surface area contributed by atoms with Crippen LogP contribution in [0.3, 0.4) is 0 Å². The molecule has 0 aromatic heterocycles. The van der Waals surface area contributed by atoms with Crippen molar-refractivity contribution in [2.24, 2.45) is 11.6 Å². The first-order chi connectivity index (χ1) is 9.97. The largest absolute Gasteiger partial charge is 0.369 e. The number of nitro groups is 1.